The lowest BCUT2D eigenvalue weighted by molar-refractivity contribution is 0.898. The third kappa shape index (κ3) is 3.68. The van der Waals surface area contributed by atoms with Gasteiger partial charge in [0.25, 0.3) is 0 Å². The summed E-state index contributed by atoms with van der Waals surface area (Å²) < 4.78 is 1.21. The van der Waals surface area contributed by atoms with Crippen LogP contribution in [0.1, 0.15) is 21.6 Å². The minimum atomic E-state index is 0.235. The van der Waals surface area contributed by atoms with Crippen molar-refractivity contribution in [1.29, 1.82) is 0 Å². The van der Waals surface area contributed by atoms with Crippen molar-refractivity contribution >= 4 is 50.1 Å². The largest absolute Gasteiger partial charge is 0.261 e. The van der Waals surface area contributed by atoms with Crippen LogP contribution in [0.3, 0.4) is 0 Å². The Hall–Kier alpha value is -0.130. The van der Waals surface area contributed by atoms with Crippen LogP contribution in [0.5, 0.6) is 0 Å². The molecule has 0 N–H and O–H groups in total. The molecule has 0 fully saturated rings. The Kier molecular flexibility index (Phi) is 5.04. The lowest BCUT2D eigenvalue weighted by Gasteiger charge is -2.12. The van der Waals surface area contributed by atoms with E-state index in [1.54, 1.807) is 0 Å². The fourth-order valence-corrected chi connectivity index (χ4v) is 3.70. The van der Waals surface area contributed by atoms with Crippen molar-refractivity contribution in [2.45, 2.75) is 18.2 Å². The van der Waals surface area contributed by atoms with E-state index in [4.69, 9.17) is 11.6 Å². The Labute approximate surface area is 134 Å². The zero-order chi connectivity index (χ0) is 13.1. The normalized spacial score (nSPS) is 12.4. The second-order valence-electron chi connectivity index (χ2n) is 4.16. The van der Waals surface area contributed by atoms with Crippen LogP contribution in [-0.2, 0) is 6.42 Å². The van der Waals surface area contributed by atoms with Crippen molar-refractivity contribution in [2.24, 2.45) is 0 Å². The molecule has 1 aromatic heterocycles. The number of hydrogen-bond acceptors (Lipinski definition) is 1. The number of benzene rings is 1. The number of pyridine rings is 1. The van der Waals surface area contributed by atoms with Crippen molar-refractivity contribution in [3.8, 4) is 0 Å². The van der Waals surface area contributed by atoms with E-state index in [0.29, 0.717) is 0 Å². The Bertz CT molecular complexity index is 542. The van der Waals surface area contributed by atoms with Crippen molar-refractivity contribution in [3.63, 3.8) is 0 Å². The molecule has 0 aliphatic carbocycles. The van der Waals surface area contributed by atoms with Gasteiger partial charge in [-0.1, -0.05) is 33.6 Å². The van der Waals surface area contributed by atoms with Gasteiger partial charge in [0, 0.05) is 31.7 Å². The van der Waals surface area contributed by atoms with Crippen LogP contribution in [0, 0.1) is 10.5 Å². The zero-order valence-electron chi connectivity index (χ0n) is 9.83. The molecule has 1 unspecified atom stereocenters. The van der Waals surface area contributed by atoms with Crippen LogP contribution in [0.25, 0.3) is 0 Å². The fraction of sp³-hybridized carbons (Fsp3) is 0.214. The van der Waals surface area contributed by atoms with Crippen LogP contribution >= 0.6 is 50.1 Å². The number of halogens is 3. The molecule has 94 valence electrons. The van der Waals surface area contributed by atoms with Crippen LogP contribution in [0.4, 0.5) is 0 Å². The van der Waals surface area contributed by atoms with Crippen LogP contribution < -0.4 is 0 Å². The maximum atomic E-state index is 6.04. The van der Waals surface area contributed by atoms with Gasteiger partial charge in [0.05, 0.1) is 0 Å². The Morgan fingerprint density at radius 2 is 2.11 bits per heavy atom. The molecule has 0 amide bonds. The molecule has 2 rings (SSSR count). The molecule has 2 aromatic rings. The van der Waals surface area contributed by atoms with Gasteiger partial charge in [0.1, 0.15) is 0 Å². The summed E-state index contributed by atoms with van der Waals surface area (Å²) in [5.74, 6) is 0. The first kappa shape index (κ1) is 14.3. The topological polar surface area (TPSA) is 12.9 Å². The van der Waals surface area contributed by atoms with E-state index in [1.807, 2.05) is 31.3 Å². The molecule has 0 saturated carbocycles. The van der Waals surface area contributed by atoms with E-state index in [2.05, 4.69) is 55.6 Å². The number of alkyl halides is 1. The highest BCUT2D eigenvalue weighted by Gasteiger charge is 2.13. The van der Waals surface area contributed by atoms with E-state index in [1.165, 1.54) is 14.7 Å². The second kappa shape index (κ2) is 6.35. The van der Waals surface area contributed by atoms with E-state index in [0.717, 1.165) is 17.1 Å². The Morgan fingerprint density at radius 3 is 2.78 bits per heavy atom. The molecule has 0 radical (unpaired) electrons. The number of hydrogen-bond donors (Lipinski definition) is 0. The molecule has 0 bridgehead atoms. The van der Waals surface area contributed by atoms with Crippen molar-refractivity contribution < 1.29 is 0 Å². The summed E-state index contributed by atoms with van der Waals surface area (Å²) >= 11 is 12.1. The van der Waals surface area contributed by atoms with Gasteiger partial charge in [-0.25, -0.2) is 0 Å². The van der Waals surface area contributed by atoms with Crippen LogP contribution in [-0.4, -0.2) is 4.98 Å². The molecule has 0 aliphatic heterocycles. The summed E-state index contributed by atoms with van der Waals surface area (Å²) in [6.07, 6.45) is 2.76. The number of rotatable bonds is 3. The maximum absolute atomic E-state index is 6.04. The van der Waals surface area contributed by atoms with E-state index >= 15 is 0 Å². The first-order valence-electron chi connectivity index (χ1n) is 5.57. The third-order valence-electron chi connectivity index (χ3n) is 2.66. The summed E-state index contributed by atoms with van der Waals surface area (Å²) in [4.78, 5) is 4.66. The summed E-state index contributed by atoms with van der Waals surface area (Å²) in [7, 11) is 0. The zero-order valence-corrected chi connectivity index (χ0v) is 14.3. The SMILES string of the molecule is Cc1ccc(CC(Br)c2cc(Cl)ccc2I)nc1. The average molecular weight is 437 g/mol. The lowest BCUT2D eigenvalue weighted by Crippen LogP contribution is -2.00. The monoisotopic (exact) mass is 435 g/mol. The summed E-state index contributed by atoms with van der Waals surface area (Å²) in [5.41, 5.74) is 3.48. The van der Waals surface area contributed by atoms with E-state index in [-0.39, 0.29) is 4.83 Å². The predicted molar refractivity (Wildman–Crippen MR) is 88.5 cm³/mol. The number of aromatic nitrogens is 1. The van der Waals surface area contributed by atoms with Gasteiger partial charge < -0.3 is 0 Å². The van der Waals surface area contributed by atoms with E-state index < -0.39 is 0 Å². The predicted octanol–water partition coefficient (Wildman–Crippen LogP) is 5.33. The van der Waals surface area contributed by atoms with Crippen LogP contribution in [0.2, 0.25) is 5.02 Å². The molecule has 1 aromatic carbocycles. The molecule has 1 atom stereocenters. The fourth-order valence-electron chi connectivity index (χ4n) is 1.67. The minimum Gasteiger partial charge on any atom is -0.261 e. The second-order valence-corrected chi connectivity index (χ2v) is 6.87. The molecule has 0 spiro atoms. The molecular weight excluding hydrogens is 424 g/mol. The van der Waals surface area contributed by atoms with Crippen molar-refractivity contribution in [2.75, 3.05) is 0 Å². The molecule has 1 heterocycles. The van der Waals surface area contributed by atoms with Crippen LogP contribution in [0.15, 0.2) is 36.5 Å². The van der Waals surface area contributed by atoms with Crippen molar-refractivity contribution in [3.05, 3.63) is 61.9 Å². The van der Waals surface area contributed by atoms with Gasteiger partial charge in [-0.2, -0.15) is 0 Å². The number of nitrogens with zero attached hydrogens (tertiary/aromatic N) is 1. The molecule has 18 heavy (non-hydrogen) atoms. The quantitative estimate of drug-likeness (QED) is 0.468. The summed E-state index contributed by atoms with van der Waals surface area (Å²) in [6.45, 7) is 2.04. The number of aryl methyl sites for hydroxylation is 1. The Balaban J connectivity index is 2.18. The van der Waals surface area contributed by atoms with Gasteiger partial charge >= 0.3 is 0 Å². The molecule has 0 aliphatic rings. The molecule has 4 heteroatoms. The summed E-state index contributed by atoms with van der Waals surface area (Å²) in [5, 5.41) is 0.770. The average Bonchev–Trinajstić information content (AvgIpc) is 2.35. The first-order valence-corrected chi connectivity index (χ1v) is 7.94. The van der Waals surface area contributed by atoms with Gasteiger partial charge in [-0.15, -0.1) is 0 Å². The highest BCUT2D eigenvalue weighted by atomic mass is 127. The van der Waals surface area contributed by atoms with Crippen molar-refractivity contribution in [1.82, 2.24) is 4.98 Å². The molecule has 1 nitrogen and oxygen atoms in total. The summed E-state index contributed by atoms with van der Waals surface area (Å²) in [6, 6.07) is 10.1. The van der Waals surface area contributed by atoms with Gasteiger partial charge in [-0.05, 0) is 64.9 Å². The lowest BCUT2D eigenvalue weighted by atomic mass is 10.1. The standard InChI is InChI=1S/C14H12BrClIN/c1-9-2-4-11(18-8-9)7-13(15)12-6-10(16)3-5-14(12)17/h2-6,8,13H,7H2,1H3. The molecular formula is C14H12BrClIN. The Morgan fingerprint density at radius 1 is 1.33 bits per heavy atom. The van der Waals surface area contributed by atoms with Gasteiger partial charge in [0.2, 0.25) is 0 Å². The first-order chi connectivity index (χ1) is 8.56. The highest BCUT2D eigenvalue weighted by Crippen LogP contribution is 2.32. The molecule has 0 saturated heterocycles. The smallest absolute Gasteiger partial charge is 0.0461 e. The van der Waals surface area contributed by atoms with Gasteiger partial charge in [0.15, 0.2) is 0 Å². The third-order valence-corrected chi connectivity index (χ3v) is 4.69. The van der Waals surface area contributed by atoms with Gasteiger partial charge in [-0.3, -0.25) is 4.98 Å². The maximum Gasteiger partial charge on any atom is 0.0461 e. The van der Waals surface area contributed by atoms with E-state index in [9.17, 15) is 0 Å². The minimum absolute atomic E-state index is 0.235. The highest BCUT2D eigenvalue weighted by molar-refractivity contribution is 14.1.